The molecule has 0 heterocycles. The standard InChI is InChI=1S/C26H36N2O4S/c1-4-20-11-10-12-21(5-2)26(20)27-25(29)19-28(22-13-8-7-9-14-22)33(30,31)24-17-15-23(16-18-24)32-6-3/h10-12,15-18,22H,4-9,13-14,19H2,1-3H3,(H,27,29). The Morgan fingerprint density at radius 3 is 2.12 bits per heavy atom. The zero-order valence-electron chi connectivity index (χ0n) is 20.0. The minimum Gasteiger partial charge on any atom is -0.494 e. The molecule has 0 radical (unpaired) electrons. The van der Waals surface area contributed by atoms with E-state index in [1.165, 1.54) is 4.31 Å². The van der Waals surface area contributed by atoms with Crippen molar-refractivity contribution in [2.75, 3.05) is 18.5 Å². The molecule has 0 aliphatic heterocycles. The maximum absolute atomic E-state index is 13.6. The number of benzene rings is 2. The van der Waals surface area contributed by atoms with Gasteiger partial charge in [0.2, 0.25) is 15.9 Å². The van der Waals surface area contributed by atoms with Crippen molar-refractivity contribution < 1.29 is 17.9 Å². The van der Waals surface area contributed by atoms with Gasteiger partial charge in [-0.3, -0.25) is 4.79 Å². The highest BCUT2D eigenvalue weighted by Crippen LogP contribution is 2.29. The molecule has 6 nitrogen and oxygen atoms in total. The van der Waals surface area contributed by atoms with E-state index in [-0.39, 0.29) is 23.4 Å². The van der Waals surface area contributed by atoms with Crippen LogP contribution in [0.1, 0.15) is 64.0 Å². The summed E-state index contributed by atoms with van der Waals surface area (Å²) in [6, 6.07) is 12.3. The zero-order chi connectivity index (χ0) is 23.8. The molecule has 2 aromatic rings. The van der Waals surface area contributed by atoms with Crippen molar-refractivity contribution in [3.8, 4) is 5.75 Å². The number of amides is 1. The Kier molecular flexibility index (Phi) is 8.92. The SMILES string of the molecule is CCOc1ccc(S(=O)(=O)N(CC(=O)Nc2c(CC)cccc2CC)C2CCCCC2)cc1. The van der Waals surface area contributed by atoms with Crippen molar-refractivity contribution in [2.24, 2.45) is 0 Å². The molecule has 3 rings (SSSR count). The zero-order valence-corrected chi connectivity index (χ0v) is 20.8. The first kappa shape index (κ1) is 25.2. The smallest absolute Gasteiger partial charge is 0.243 e. The van der Waals surface area contributed by atoms with Crippen molar-refractivity contribution in [2.45, 2.75) is 76.7 Å². The van der Waals surface area contributed by atoms with E-state index in [0.29, 0.717) is 12.4 Å². The normalized spacial score (nSPS) is 14.9. The van der Waals surface area contributed by atoms with Crippen LogP contribution in [0.3, 0.4) is 0 Å². The Labute approximate surface area is 198 Å². The van der Waals surface area contributed by atoms with Crippen molar-refractivity contribution >= 4 is 21.6 Å². The van der Waals surface area contributed by atoms with Gasteiger partial charge in [0.05, 0.1) is 18.0 Å². The lowest BCUT2D eigenvalue weighted by Gasteiger charge is -2.33. The molecule has 33 heavy (non-hydrogen) atoms. The van der Waals surface area contributed by atoms with E-state index in [0.717, 1.165) is 61.8 Å². The molecule has 0 unspecified atom stereocenters. The summed E-state index contributed by atoms with van der Waals surface area (Å²) in [5, 5.41) is 3.03. The van der Waals surface area contributed by atoms with Crippen molar-refractivity contribution in [1.29, 1.82) is 0 Å². The monoisotopic (exact) mass is 472 g/mol. The number of rotatable bonds is 10. The number of anilines is 1. The van der Waals surface area contributed by atoms with Gasteiger partial charge in [0, 0.05) is 11.7 Å². The fourth-order valence-electron chi connectivity index (χ4n) is 4.51. The Balaban J connectivity index is 1.88. The predicted molar refractivity (Wildman–Crippen MR) is 132 cm³/mol. The van der Waals surface area contributed by atoms with Gasteiger partial charge >= 0.3 is 0 Å². The van der Waals surface area contributed by atoms with Gasteiger partial charge in [0.15, 0.2) is 0 Å². The number of hydrogen-bond donors (Lipinski definition) is 1. The van der Waals surface area contributed by atoms with E-state index in [2.05, 4.69) is 19.2 Å². The first-order valence-electron chi connectivity index (χ1n) is 12.1. The highest BCUT2D eigenvalue weighted by molar-refractivity contribution is 7.89. The van der Waals surface area contributed by atoms with Crippen LogP contribution in [-0.4, -0.2) is 37.8 Å². The van der Waals surface area contributed by atoms with Gasteiger partial charge < -0.3 is 10.1 Å². The number of carbonyl (C=O) groups is 1. The van der Waals surface area contributed by atoms with Crippen LogP contribution in [0.4, 0.5) is 5.69 Å². The van der Waals surface area contributed by atoms with Crippen LogP contribution in [0.2, 0.25) is 0 Å². The van der Waals surface area contributed by atoms with E-state index < -0.39 is 10.0 Å². The Morgan fingerprint density at radius 1 is 0.970 bits per heavy atom. The number of hydrogen-bond acceptors (Lipinski definition) is 4. The van der Waals surface area contributed by atoms with E-state index >= 15 is 0 Å². The molecule has 0 bridgehead atoms. The lowest BCUT2D eigenvalue weighted by molar-refractivity contribution is -0.116. The summed E-state index contributed by atoms with van der Waals surface area (Å²) < 4.78 is 34.1. The van der Waals surface area contributed by atoms with E-state index in [1.807, 2.05) is 25.1 Å². The second-order valence-electron chi connectivity index (χ2n) is 8.45. The topological polar surface area (TPSA) is 75.7 Å². The van der Waals surface area contributed by atoms with Gasteiger partial charge in [-0.1, -0.05) is 51.3 Å². The van der Waals surface area contributed by atoms with Crippen LogP contribution in [-0.2, 0) is 27.7 Å². The third kappa shape index (κ3) is 6.15. The summed E-state index contributed by atoms with van der Waals surface area (Å²) in [5.41, 5.74) is 2.93. The number of nitrogens with zero attached hydrogens (tertiary/aromatic N) is 1. The van der Waals surface area contributed by atoms with Crippen LogP contribution in [0.25, 0.3) is 0 Å². The molecule has 1 aliphatic rings. The van der Waals surface area contributed by atoms with Gasteiger partial charge in [-0.2, -0.15) is 4.31 Å². The average Bonchev–Trinajstić information content (AvgIpc) is 2.83. The molecule has 1 amide bonds. The minimum atomic E-state index is -3.83. The number of carbonyl (C=O) groups excluding carboxylic acids is 1. The summed E-state index contributed by atoms with van der Waals surface area (Å²) >= 11 is 0. The Morgan fingerprint density at radius 2 is 1.58 bits per heavy atom. The summed E-state index contributed by atoms with van der Waals surface area (Å²) in [5.74, 6) is 0.326. The molecule has 0 spiro atoms. The minimum absolute atomic E-state index is 0.173. The molecular weight excluding hydrogens is 436 g/mol. The molecular formula is C26H36N2O4S. The fraction of sp³-hybridized carbons (Fsp3) is 0.500. The second-order valence-corrected chi connectivity index (χ2v) is 10.3. The molecule has 0 saturated heterocycles. The largest absolute Gasteiger partial charge is 0.494 e. The predicted octanol–water partition coefficient (Wildman–Crippen LogP) is 5.17. The van der Waals surface area contributed by atoms with Gasteiger partial charge in [0.25, 0.3) is 0 Å². The van der Waals surface area contributed by atoms with Gasteiger partial charge in [-0.15, -0.1) is 0 Å². The van der Waals surface area contributed by atoms with Crippen LogP contribution in [0.15, 0.2) is 47.4 Å². The Hall–Kier alpha value is -2.38. The first-order valence-corrected chi connectivity index (χ1v) is 13.5. The molecule has 2 aromatic carbocycles. The maximum Gasteiger partial charge on any atom is 0.243 e. The third-order valence-electron chi connectivity index (χ3n) is 6.29. The lowest BCUT2D eigenvalue weighted by Crippen LogP contribution is -2.45. The maximum atomic E-state index is 13.6. The van der Waals surface area contributed by atoms with Crippen LogP contribution in [0.5, 0.6) is 5.75 Å². The number of aryl methyl sites for hydroxylation is 2. The number of para-hydroxylation sites is 1. The van der Waals surface area contributed by atoms with Gasteiger partial charge in [-0.05, 0) is 68.0 Å². The molecule has 1 fully saturated rings. The first-order chi connectivity index (χ1) is 15.9. The number of sulfonamides is 1. The third-order valence-corrected chi connectivity index (χ3v) is 8.20. The van der Waals surface area contributed by atoms with E-state index in [1.54, 1.807) is 24.3 Å². The van der Waals surface area contributed by atoms with E-state index in [9.17, 15) is 13.2 Å². The lowest BCUT2D eigenvalue weighted by atomic mass is 9.95. The number of ether oxygens (including phenoxy) is 1. The molecule has 1 N–H and O–H groups in total. The summed E-state index contributed by atoms with van der Waals surface area (Å²) in [7, 11) is -3.83. The highest BCUT2D eigenvalue weighted by Gasteiger charge is 2.34. The summed E-state index contributed by atoms with van der Waals surface area (Å²) in [4.78, 5) is 13.4. The van der Waals surface area contributed by atoms with Crippen molar-refractivity contribution in [3.05, 3.63) is 53.6 Å². The summed E-state index contributed by atoms with van der Waals surface area (Å²) in [6.07, 6.45) is 6.18. The quantitative estimate of drug-likeness (QED) is 0.517. The van der Waals surface area contributed by atoms with Crippen LogP contribution < -0.4 is 10.1 Å². The molecule has 1 saturated carbocycles. The molecule has 180 valence electrons. The second kappa shape index (κ2) is 11.7. The van der Waals surface area contributed by atoms with Crippen molar-refractivity contribution in [3.63, 3.8) is 0 Å². The summed E-state index contributed by atoms with van der Waals surface area (Å²) in [6.45, 7) is 6.31. The molecule has 7 heteroatoms. The van der Waals surface area contributed by atoms with Crippen LogP contribution in [0, 0.1) is 0 Å². The van der Waals surface area contributed by atoms with Gasteiger partial charge in [0.1, 0.15) is 5.75 Å². The van der Waals surface area contributed by atoms with E-state index in [4.69, 9.17) is 4.74 Å². The van der Waals surface area contributed by atoms with Gasteiger partial charge in [-0.25, -0.2) is 8.42 Å². The van der Waals surface area contributed by atoms with Crippen molar-refractivity contribution in [1.82, 2.24) is 4.31 Å². The molecule has 1 aliphatic carbocycles. The molecule has 0 atom stereocenters. The Bertz CT molecular complexity index is 1010. The molecule has 0 aromatic heterocycles. The van der Waals surface area contributed by atoms with Crippen LogP contribution >= 0.6 is 0 Å². The fourth-order valence-corrected chi connectivity index (χ4v) is 6.15. The number of nitrogens with one attached hydrogen (secondary N) is 1. The highest BCUT2D eigenvalue weighted by atomic mass is 32.2. The average molecular weight is 473 g/mol.